The van der Waals surface area contributed by atoms with E-state index in [0.717, 1.165) is 42.9 Å². The van der Waals surface area contributed by atoms with E-state index in [1.807, 2.05) is 28.5 Å². The van der Waals surface area contributed by atoms with Gasteiger partial charge in [-0.2, -0.15) is 0 Å². The monoisotopic (exact) mass is 315 g/mol. The second-order valence-electron chi connectivity index (χ2n) is 5.66. The van der Waals surface area contributed by atoms with Gasteiger partial charge in [0.2, 0.25) is 0 Å². The molecule has 0 aliphatic carbocycles. The van der Waals surface area contributed by atoms with Crippen molar-refractivity contribution in [3.8, 4) is 0 Å². The number of amides is 1. The molecule has 0 spiro atoms. The third-order valence-electron chi connectivity index (χ3n) is 4.06. The van der Waals surface area contributed by atoms with Crippen LogP contribution in [0.25, 0.3) is 0 Å². The van der Waals surface area contributed by atoms with Gasteiger partial charge in [0.05, 0.1) is 6.04 Å². The van der Waals surface area contributed by atoms with E-state index >= 15 is 0 Å². The molecule has 0 bridgehead atoms. The summed E-state index contributed by atoms with van der Waals surface area (Å²) in [4.78, 5) is 19.0. The number of rotatable bonds is 5. The van der Waals surface area contributed by atoms with Crippen molar-refractivity contribution < 1.29 is 4.79 Å². The number of carbonyl (C=O) groups excluding carboxylic acids is 1. The van der Waals surface area contributed by atoms with Gasteiger partial charge in [-0.25, -0.2) is 4.98 Å². The first-order valence-corrected chi connectivity index (χ1v) is 8.69. The van der Waals surface area contributed by atoms with E-state index in [1.165, 1.54) is 16.9 Å². The molecular formula is C17H21N3OS. The number of unbranched alkanes of at least 4 members (excludes halogenated alkanes) is 1. The Kier molecular flexibility index (Phi) is 4.55. The van der Waals surface area contributed by atoms with Gasteiger partial charge in [-0.05, 0) is 24.5 Å². The Morgan fingerprint density at radius 3 is 3.09 bits per heavy atom. The van der Waals surface area contributed by atoms with Crippen LogP contribution in [0.3, 0.4) is 0 Å². The van der Waals surface area contributed by atoms with E-state index in [0.29, 0.717) is 5.69 Å². The van der Waals surface area contributed by atoms with Crippen molar-refractivity contribution in [2.24, 2.45) is 5.73 Å². The van der Waals surface area contributed by atoms with Crippen LogP contribution in [0.2, 0.25) is 0 Å². The SMILES string of the molecule is CCCCC(N)c1nc(C(=O)N2CCc3ccccc32)cs1. The number of hydrogen-bond acceptors (Lipinski definition) is 4. The molecule has 1 aliphatic heterocycles. The van der Waals surface area contributed by atoms with Gasteiger partial charge in [0.1, 0.15) is 10.7 Å². The van der Waals surface area contributed by atoms with Crippen LogP contribution in [0.1, 0.15) is 53.3 Å². The summed E-state index contributed by atoms with van der Waals surface area (Å²) in [7, 11) is 0. The first kappa shape index (κ1) is 15.2. The van der Waals surface area contributed by atoms with Crippen LogP contribution >= 0.6 is 11.3 Å². The third kappa shape index (κ3) is 2.91. The van der Waals surface area contributed by atoms with E-state index in [2.05, 4.69) is 18.0 Å². The summed E-state index contributed by atoms with van der Waals surface area (Å²) in [6.45, 7) is 2.88. The van der Waals surface area contributed by atoms with Crippen LogP contribution in [-0.2, 0) is 6.42 Å². The molecule has 0 radical (unpaired) electrons. The number of nitrogens with zero attached hydrogens (tertiary/aromatic N) is 2. The highest BCUT2D eigenvalue weighted by molar-refractivity contribution is 7.09. The predicted molar refractivity (Wildman–Crippen MR) is 90.4 cm³/mol. The van der Waals surface area contributed by atoms with E-state index in [9.17, 15) is 4.79 Å². The van der Waals surface area contributed by atoms with Crippen molar-refractivity contribution >= 4 is 22.9 Å². The number of nitrogens with two attached hydrogens (primary N) is 1. The number of anilines is 1. The molecule has 2 N–H and O–H groups in total. The van der Waals surface area contributed by atoms with Crippen molar-refractivity contribution in [2.45, 2.75) is 38.6 Å². The molecule has 5 heteroatoms. The van der Waals surface area contributed by atoms with E-state index < -0.39 is 0 Å². The Bertz CT molecular complexity index is 667. The smallest absolute Gasteiger partial charge is 0.277 e. The van der Waals surface area contributed by atoms with Crippen LogP contribution in [-0.4, -0.2) is 17.4 Å². The Hall–Kier alpha value is -1.72. The van der Waals surface area contributed by atoms with Gasteiger partial charge in [-0.1, -0.05) is 38.0 Å². The maximum absolute atomic E-state index is 12.7. The molecule has 2 aromatic rings. The predicted octanol–water partition coefficient (Wildman–Crippen LogP) is 3.54. The molecule has 0 fully saturated rings. The summed E-state index contributed by atoms with van der Waals surface area (Å²) < 4.78 is 0. The Balaban J connectivity index is 1.75. The minimum absolute atomic E-state index is 0.0184. The molecule has 1 unspecified atom stereocenters. The van der Waals surface area contributed by atoms with Crippen LogP contribution < -0.4 is 10.6 Å². The molecule has 1 amide bonds. The number of aromatic nitrogens is 1. The Labute approximate surface area is 135 Å². The summed E-state index contributed by atoms with van der Waals surface area (Å²) in [6.07, 6.45) is 4.04. The van der Waals surface area contributed by atoms with Gasteiger partial charge in [-0.3, -0.25) is 4.79 Å². The zero-order valence-electron chi connectivity index (χ0n) is 12.8. The van der Waals surface area contributed by atoms with E-state index in [-0.39, 0.29) is 11.9 Å². The summed E-state index contributed by atoms with van der Waals surface area (Å²) in [5.74, 6) is -0.0184. The van der Waals surface area contributed by atoms with Crippen LogP contribution in [0.5, 0.6) is 0 Å². The molecule has 1 aliphatic rings. The van der Waals surface area contributed by atoms with Crippen LogP contribution in [0, 0.1) is 0 Å². The molecule has 116 valence electrons. The lowest BCUT2D eigenvalue weighted by atomic mass is 10.1. The fourth-order valence-electron chi connectivity index (χ4n) is 2.79. The highest BCUT2D eigenvalue weighted by Crippen LogP contribution is 2.29. The van der Waals surface area contributed by atoms with Gasteiger partial charge in [0.25, 0.3) is 5.91 Å². The average molecular weight is 315 g/mol. The maximum Gasteiger partial charge on any atom is 0.277 e. The van der Waals surface area contributed by atoms with Gasteiger partial charge in [0.15, 0.2) is 0 Å². The first-order chi connectivity index (χ1) is 10.7. The van der Waals surface area contributed by atoms with Gasteiger partial charge < -0.3 is 10.6 Å². The molecule has 1 aromatic heterocycles. The lowest BCUT2D eigenvalue weighted by Crippen LogP contribution is -2.29. The minimum atomic E-state index is -0.0580. The molecular weight excluding hydrogens is 294 g/mol. The van der Waals surface area contributed by atoms with Gasteiger partial charge in [-0.15, -0.1) is 11.3 Å². The summed E-state index contributed by atoms with van der Waals surface area (Å²) in [6, 6.07) is 8.01. The van der Waals surface area contributed by atoms with Crippen molar-refractivity contribution in [1.29, 1.82) is 0 Å². The lowest BCUT2D eigenvalue weighted by molar-refractivity contribution is 0.0985. The zero-order valence-corrected chi connectivity index (χ0v) is 13.6. The Morgan fingerprint density at radius 1 is 1.45 bits per heavy atom. The molecule has 3 rings (SSSR count). The van der Waals surface area contributed by atoms with Crippen LogP contribution in [0.15, 0.2) is 29.6 Å². The normalized spacial score (nSPS) is 14.9. The van der Waals surface area contributed by atoms with E-state index in [4.69, 9.17) is 5.73 Å². The second kappa shape index (κ2) is 6.58. The summed E-state index contributed by atoms with van der Waals surface area (Å²) in [5.41, 5.74) is 8.90. The number of para-hydroxylation sites is 1. The fourth-order valence-corrected chi connectivity index (χ4v) is 3.62. The number of hydrogen-bond donors (Lipinski definition) is 1. The highest BCUT2D eigenvalue weighted by atomic mass is 32.1. The molecule has 1 atom stereocenters. The number of carbonyl (C=O) groups is 1. The molecule has 22 heavy (non-hydrogen) atoms. The van der Waals surface area contributed by atoms with Crippen molar-refractivity contribution in [2.75, 3.05) is 11.4 Å². The van der Waals surface area contributed by atoms with Crippen LogP contribution in [0.4, 0.5) is 5.69 Å². The quantitative estimate of drug-likeness (QED) is 0.918. The van der Waals surface area contributed by atoms with Gasteiger partial charge >= 0.3 is 0 Å². The third-order valence-corrected chi connectivity index (χ3v) is 5.04. The summed E-state index contributed by atoms with van der Waals surface area (Å²) >= 11 is 1.49. The number of benzene rings is 1. The van der Waals surface area contributed by atoms with Crippen molar-refractivity contribution in [3.05, 3.63) is 45.9 Å². The summed E-state index contributed by atoms with van der Waals surface area (Å²) in [5, 5.41) is 2.70. The van der Waals surface area contributed by atoms with Crippen molar-refractivity contribution in [1.82, 2.24) is 4.98 Å². The molecule has 2 heterocycles. The minimum Gasteiger partial charge on any atom is -0.322 e. The number of thiazole rings is 1. The molecule has 0 saturated carbocycles. The highest BCUT2D eigenvalue weighted by Gasteiger charge is 2.27. The second-order valence-corrected chi connectivity index (χ2v) is 6.54. The lowest BCUT2D eigenvalue weighted by Gasteiger charge is -2.15. The largest absolute Gasteiger partial charge is 0.322 e. The average Bonchev–Trinajstić information content (AvgIpc) is 3.19. The molecule has 4 nitrogen and oxygen atoms in total. The van der Waals surface area contributed by atoms with Gasteiger partial charge in [0, 0.05) is 17.6 Å². The number of fused-ring (bicyclic) bond motifs is 1. The molecule has 1 aromatic carbocycles. The topological polar surface area (TPSA) is 59.2 Å². The molecule has 0 saturated heterocycles. The van der Waals surface area contributed by atoms with E-state index in [1.54, 1.807) is 0 Å². The zero-order chi connectivity index (χ0) is 15.5. The standard InChI is InChI=1S/C17H21N3OS/c1-2-3-7-13(18)16-19-14(11-22-16)17(21)20-10-9-12-6-4-5-8-15(12)20/h4-6,8,11,13H,2-3,7,9-10,18H2,1H3. The van der Waals surface area contributed by atoms with Crippen molar-refractivity contribution in [3.63, 3.8) is 0 Å². The Morgan fingerprint density at radius 2 is 2.27 bits per heavy atom. The first-order valence-electron chi connectivity index (χ1n) is 7.81. The fraction of sp³-hybridized carbons (Fsp3) is 0.412. The maximum atomic E-state index is 12.7.